The molecule has 0 bridgehead atoms. The van der Waals surface area contributed by atoms with Crippen LogP contribution in [0.2, 0.25) is 0 Å². The predicted octanol–water partition coefficient (Wildman–Crippen LogP) is 1.58. The minimum absolute atomic E-state index is 0.392. The second kappa shape index (κ2) is 4.79. The van der Waals surface area contributed by atoms with Gasteiger partial charge in [0, 0.05) is 11.5 Å². The van der Waals surface area contributed by atoms with Gasteiger partial charge in [-0.15, -0.1) is 0 Å². The SMILES string of the molecule is CC1CCCC(S(=O)(=O)/C=C/C(=O)O)C1. The summed E-state index contributed by atoms with van der Waals surface area (Å²) in [5, 5.41) is 8.82. The lowest BCUT2D eigenvalue weighted by atomic mass is 9.91. The molecule has 1 saturated carbocycles. The fourth-order valence-corrected chi connectivity index (χ4v) is 3.56. The van der Waals surface area contributed by atoms with Gasteiger partial charge in [-0.3, -0.25) is 0 Å². The van der Waals surface area contributed by atoms with Crippen LogP contribution in [0, 0.1) is 5.92 Å². The number of sulfone groups is 1. The van der Waals surface area contributed by atoms with Gasteiger partial charge in [0.05, 0.1) is 5.25 Å². The first-order valence-electron chi connectivity index (χ1n) is 5.06. The van der Waals surface area contributed by atoms with Gasteiger partial charge in [0.2, 0.25) is 0 Å². The molecule has 0 aromatic rings. The molecule has 0 aromatic carbocycles. The monoisotopic (exact) mass is 232 g/mol. The van der Waals surface area contributed by atoms with Gasteiger partial charge in [0.25, 0.3) is 0 Å². The van der Waals surface area contributed by atoms with E-state index < -0.39 is 21.1 Å². The Morgan fingerprint density at radius 1 is 1.40 bits per heavy atom. The maximum absolute atomic E-state index is 11.7. The molecular formula is C10H16O4S. The fourth-order valence-electron chi connectivity index (χ4n) is 1.94. The van der Waals surface area contributed by atoms with E-state index in [0.29, 0.717) is 24.8 Å². The first kappa shape index (κ1) is 12.2. The van der Waals surface area contributed by atoms with E-state index in [4.69, 9.17) is 5.11 Å². The van der Waals surface area contributed by atoms with Gasteiger partial charge in [-0.1, -0.05) is 19.8 Å². The van der Waals surface area contributed by atoms with E-state index >= 15 is 0 Å². The summed E-state index contributed by atoms with van der Waals surface area (Å²) in [6.45, 7) is 2.03. The first-order valence-corrected chi connectivity index (χ1v) is 6.67. The van der Waals surface area contributed by atoms with Crippen LogP contribution in [0.1, 0.15) is 32.6 Å². The molecule has 0 aromatic heterocycles. The average molecular weight is 232 g/mol. The highest BCUT2D eigenvalue weighted by atomic mass is 32.2. The maximum Gasteiger partial charge on any atom is 0.329 e. The van der Waals surface area contributed by atoms with Crippen molar-refractivity contribution in [3.63, 3.8) is 0 Å². The molecule has 15 heavy (non-hydrogen) atoms. The van der Waals surface area contributed by atoms with Crippen LogP contribution in [-0.4, -0.2) is 24.7 Å². The molecule has 0 aliphatic heterocycles. The molecule has 2 unspecified atom stereocenters. The Labute approximate surface area is 89.9 Å². The van der Waals surface area contributed by atoms with Crippen molar-refractivity contribution in [3.8, 4) is 0 Å². The van der Waals surface area contributed by atoms with Gasteiger partial charge in [-0.2, -0.15) is 0 Å². The zero-order chi connectivity index (χ0) is 11.5. The van der Waals surface area contributed by atoms with E-state index in [9.17, 15) is 13.2 Å². The quantitative estimate of drug-likeness (QED) is 0.750. The molecule has 1 aliphatic carbocycles. The summed E-state index contributed by atoms with van der Waals surface area (Å²) >= 11 is 0. The number of aliphatic carboxylic acids is 1. The number of hydrogen-bond acceptors (Lipinski definition) is 3. The molecule has 0 radical (unpaired) electrons. The van der Waals surface area contributed by atoms with Gasteiger partial charge >= 0.3 is 5.97 Å². The van der Waals surface area contributed by atoms with Crippen LogP contribution < -0.4 is 0 Å². The number of hydrogen-bond donors (Lipinski definition) is 1. The van der Waals surface area contributed by atoms with Crippen LogP contribution in [0.5, 0.6) is 0 Å². The number of carboxylic acid groups (broad SMARTS) is 1. The molecule has 4 nitrogen and oxygen atoms in total. The van der Waals surface area contributed by atoms with Gasteiger partial charge in [0.1, 0.15) is 0 Å². The molecular weight excluding hydrogens is 216 g/mol. The molecule has 2 atom stereocenters. The highest BCUT2D eigenvalue weighted by Crippen LogP contribution is 2.28. The van der Waals surface area contributed by atoms with Gasteiger partial charge < -0.3 is 5.11 Å². The molecule has 0 spiro atoms. The Morgan fingerprint density at radius 3 is 2.60 bits per heavy atom. The lowest BCUT2D eigenvalue weighted by Gasteiger charge is -2.25. The highest BCUT2D eigenvalue weighted by Gasteiger charge is 2.28. The molecule has 1 rings (SSSR count). The van der Waals surface area contributed by atoms with Crippen molar-refractivity contribution in [3.05, 3.63) is 11.5 Å². The summed E-state index contributed by atoms with van der Waals surface area (Å²) in [7, 11) is -3.37. The third-order valence-corrected chi connectivity index (χ3v) is 4.63. The second-order valence-corrected chi connectivity index (χ2v) is 6.24. The number of carbonyl (C=O) groups is 1. The van der Waals surface area contributed by atoms with E-state index in [0.717, 1.165) is 18.2 Å². The van der Waals surface area contributed by atoms with Gasteiger partial charge in [-0.25, -0.2) is 13.2 Å². The van der Waals surface area contributed by atoms with Crippen LogP contribution in [-0.2, 0) is 14.6 Å². The van der Waals surface area contributed by atoms with Crippen LogP contribution in [0.15, 0.2) is 11.5 Å². The van der Waals surface area contributed by atoms with E-state index in [1.807, 2.05) is 6.92 Å². The zero-order valence-electron chi connectivity index (χ0n) is 8.72. The van der Waals surface area contributed by atoms with Gasteiger partial charge in [-0.05, 0) is 18.8 Å². The maximum atomic E-state index is 11.7. The topological polar surface area (TPSA) is 71.4 Å². The number of rotatable bonds is 3. The predicted molar refractivity (Wildman–Crippen MR) is 57.1 cm³/mol. The van der Waals surface area contributed by atoms with E-state index in [1.165, 1.54) is 0 Å². The van der Waals surface area contributed by atoms with Crippen molar-refractivity contribution >= 4 is 15.8 Å². The lowest BCUT2D eigenvalue weighted by Crippen LogP contribution is -2.25. The second-order valence-electron chi connectivity index (χ2n) is 4.12. The Hall–Kier alpha value is -0.840. The summed E-state index contributed by atoms with van der Waals surface area (Å²) in [6.07, 6.45) is 3.97. The van der Waals surface area contributed by atoms with Crippen LogP contribution in [0.4, 0.5) is 0 Å². The fraction of sp³-hybridized carbons (Fsp3) is 0.700. The molecule has 5 heteroatoms. The van der Waals surface area contributed by atoms with Crippen molar-refractivity contribution < 1.29 is 18.3 Å². The van der Waals surface area contributed by atoms with Crippen molar-refractivity contribution in [2.45, 2.75) is 37.9 Å². The lowest BCUT2D eigenvalue weighted by molar-refractivity contribution is -0.131. The Kier molecular flexibility index (Phi) is 3.90. The molecule has 1 N–H and O–H groups in total. The van der Waals surface area contributed by atoms with Crippen molar-refractivity contribution in [1.29, 1.82) is 0 Å². The Morgan fingerprint density at radius 2 is 2.07 bits per heavy atom. The van der Waals surface area contributed by atoms with E-state index in [-0.39, 0.29) is 0 Å². The third kappa shape index (κ3) is 3.66. The standard InChI is InChI=1S/C10H16O4S/c1-8-3-2-4-9(7-8)15(13,14)6-5-10(11)12/h5-6,8-9H,2-4,7H2,1H3,(H,11,12)/b6-5+. The summed E-state index contributed by atoms with van der Waals surface area (Å²) in [4.78, 5) is 10.2. The Balaban J connectivity index is 2.73. The van der Waals surface area contributed by atoms with Crippen LogP contribution in [0.3, 0.4) is 0 Å². The molecule has 1 fully saturated rings. The van der Waals surface area contributed by atoms with Crippen molar-refractivity contribution in [1.82, 2.24) is 0 Å². The largest absolute Gasteiger partial charge is 0.478 e. The molecule has 1 aliphatic rings. The normalized spacial score (nSPS) is 28.1. The summed E-state index contributed by atoms with van der Waals surface area (Å²) in [5.74, 6) is -0.806. The molecule has 0 saturated heterocycles. The summed E-state index contributed by atoms with van der Waals surface area (Å²) < 4.78 is 23.4. The summed E-state index contributed by atoms with van der Waals surface area (Å²) in [5.41, 5.74) is 0. The van der Waals surface area contributed by atoms with Crippen LogP contribution >= 0.6 is 0 Å². The smallest absolute Gasteiger partial charge is 0.329 e. The average Bonchev–Trinajstić information content (AvgIpc) is 2.15. The minimum Gasteiger partial charge on any atom is -0.478 e. The van der Waals surface area contributed by atoms with Gasteiger partial charge in [0.15, 0.2) is 9.84 Å². The van der Waals surface area contributed by atoms with Crippen LogP contribution in [0.25, 0.3) is 0 Å². The third-order valence-electron chi connectivity index (χ3n) is 2.75. The number of carboxylic acids is 1. The molecule has 0 heterocycles. The van der Waals surface area contributed by atoms with E-state index in [1.54, 1.807) is 0 Å². The van der Waals surface area contributed by atoms with E-state index in [2.05, 4.69) is 0 Å². The summed E-state index contributed by atoms with van der Waals surface area (Å²) in [6, 6.07) is 0. The first-order chi connectivity index (χ1) is 6.92. The van der Waals surface area contributed by atoms with Crippen molar-refractivity contribution in [2.24, 2.45) is 5.92 Å². The Bertz CT molecular complexity index is 356. The van der Waals surface area contributed by atoms with Crippen molar-refractivity contribution in [2.75, 3.05) is 0 Å². The molecule has 86 valence electrons. The molecule has 0 amide bonds. The highest BCUT2D eigenvalue weighted by molar-refractivity contribution is 7.94. The zero-order valence-corrected chi connectivity index (χ0v) is 9.53. The minimum atomic E-state index is -3.37.